The first-order chi connectivity index (χ1) is 15.9. The van der Waals surface area contributed by atoms with E-state index in [0.29, 0.717) is 44.4 Å². The normalized spacial score (nSPS) is 18.3. The second-order valence-electron chi connectivity index (χ2n) is 9.04. The number of aliphatic carboxylic acids is 1. The van der Waals surface area contributed by atoms with Gasteiger partial charge in [-0.05, 0) is 49.9 Å². The number of methoxy groups -OCH3 is 1. The Bertz CT molecular complexity index is 998. The van der Waals surface area contributed by atoms with Crippen LogP contribution in [0, 0.1) is 13.8 Å². The Labute approximate surface area is 194 Å². The SMILES string of the molecule is COc1cc(C)nc(-c2c(C)cc(NC3(C(=O)O)CCOCC3)cc2COC2CCCC2)n1. The molecule has 2 heterocycles. The molecule has 2 fully saturated rings. The lowest BCUT2D eigenvalue weighted by molar-refractivity contribution is -0.145. The lowest BCUT2D eigenvalue weighted by Crippen LogP contribution is -2.50. The molecule has 33 heavy (non-hydrogen) atoms. The number of aromatic nitrogens is 2. The van der Waals surface area contributed by atoms with Crippen molar-refractivity contribution < 1.29 is 24.1 Å². The average molecular weight is 456 g/mol. The third-order valence-corrected chi connectivity index (χ3v) is 6.60. The molecule has 1 saturated carbocycles. The highest BCUT2D eigenvalue weighted by atomic mass is 16.5. The van der Waals surface area contributed by atoms with Gasteiger partial charge in [0.25, 0.3) is 0 Å². The lowest BCUT2D eigenvalue weighted by Gasteiger charge is -2.35. The molecule has 2 aromatic rings. The fourth-order valence-corrected chi connectivity index (χ4v) is 4.77. The van der Waals surface area contributed by atoms with Crippen LogP contribution in [-0.4, -0.2) is 53.0 Å². The van der Waals surface area contributed by atoms with Crippen LogP contribution < -0.4 is 10.1 Å². The van der Waals surface area contributed by atoms with Gasteiger partial charge < -0.3 is 24.6 Å². The summed E-state index contributed by atoms with van der Waals surface area (Å²) in [6, 6.07) is 5.74. The molecule has 8 nitrogen and oxygen atoms in total. The Morgan fingerprint density at radius 1 is 1.18 bits per heavy atom. The predicted octanol–water partition coefficient (Wildman–Crippen LogP) is 4.27. The van der Waals surface area contributed by atoms with Gasteiger partial charge in [-0.25, -0.2) is 9.78 Å². The second kappa shape index (κ2) is 10.1. The molecule has 1 aliphatic carbocycles. The molecular formula is C25H33N3O5. The number of ether oxygens (including phenoxy) is 3. The van der Waals surface area contributed by atoms with Gasteiger partial charge in [-0.2, -0.15) is 4.98 Å². The molecule has 4 rings (SSSR count). The number of carboxylic acid groups (broad SMARTS) is 1. The minimum absolute atomic E-state index is 0.253. The van der Waals surface area contributed by atoms with Crippen LogP contribution in [0.25, 0.3) is 11.4 Å². The molecule has 0 bridgehead atoms. The first kappa shape index (κ1) is 23.4. The van der Waals surface area contributed by atoms with E-state index in [1.807, 2.05) is 26.0 Å². The van der Waals surface area contributed by atoms with Crippen molar-refractivity contribution in [3.8, 4) is 17.3 Å². The molecule has 0 radical (unpaired) electrons. The van der Waals surface area contributed by atoms with Crippen molar-refractivity contribution in [3.63, 3.8) is 0 Å². The van der Waals surface area contributed by atoms with Gasteiger partial charge in [0, 0.05) is 49.1 Å². The van der Waals surface area contributed by atoms with E-state index in [9.17, 15) is 9.90 Å². The Morgan fingerprint density at radius 2 is 1.91 bits per heavy atom. The number of aryl methyl sites for hydroxylation is 2. The second-order valence-corrected chi connectivity index (χ2v) is 9.04. The van der Waals surface area contributed by atoms with Crippen molar-refractivity contribution in [2.24, 2.45) is 0 Å². The number of nitrogens with zero attached hydrogens (tertiary/aromatic N) is 2. The molecule has 0 amide bonds. The summed E-state index contributed by atoms with van der Waals surface area (Å²) < 4.78 is 17.0. The molecule has 0 unspecified atom stereocenters. The summed E-state index contributed by atoms with van der Waals surface area (Å²) in [5.41, 5.74) is 3.31. The minimum Gasteiger partial charge on any atom is -0.481 e. The van der Waals surface area contributed by atoms with Gasteiger partial charge in [-0.15, -0.1) is 0 Å². The van der Waals surface area contributed by atoms with Crippen LogP contribution in [0.2, 0.25) is 0 Å². The summed E-state index contributed by atoms with van der Waals surface area (Å²) in [5.74, 6) is 0.233. The van der Waals surface area contributed by atoms with Crippen LogP contribution in [0.5, 0.6) is 5.88 Å². The molecular weight excluding hydrogens is 422 g/mol. The first-order valence-electron chi connectivity index (χ1n) is 11.6. The standard InChI is InChI=1S/C25H33N3O5/c1-16-12-19(28-25(24(29)30)8-10-32-11-9-25)14-18(15-33-20-6-4-5-7-20)22(16)23-26-17(2)13-21(27-23)31-3/h12-14,20,28H,4-11,15H2,1-3H3,(H,29,30). The number of carboxylic acids is 1. The number of carbonyl (C=O) groups is 1. The Hall–Kier alpha value is -2.71. The van der Waals surface area contributed by atoms with E-state index in [0.717, 1.165) is 40.9 Å². The molecule has 2 aliphatic rings. The van der Waals surface area contributed by atoms with Gasteiger partial charge in [0.1, 0.15) is 5.54 Å². The Kier molecular flexibility index (Phi) is 7.14. The number of rotatable bonds is 8. The first-order valence-corrected chi connectivity index (χ1v) is 11.6. The topological polar surface area (TPSA) is 103 Å². The maximum Gasteiger partial charge on any atom is 0.329 e. The van der Waals surface area contributed by atoms with Gasteiger partial charge in [0.2, 0.25) is 5.88 Å². The molecule has 8 heteroatoms. The molecule has 0 atom stereocenters. The molecule has 1 aromatic heterocycles. The fraction of sp³-hybridized carbons (Fsp3) is 0.560. The number of hydrogen-bond acceptors (Lipinski definition) is 7. The monoisotopic (exact) mass is 455 g/mol. The highest BCUT2D eigenvalue weighted by Crippen LogP contribution is 2.34. The van der Waals surface area contributed by atoms with Crippen LogP contribution in [0.4, 0.5) is 5.69 Å². The average Bonchev–Trinajstić information content (AvgIpc) is 3.31. The van der Waals surface area contributed by atoms with E-state index in [-0.39, 0.29) is 6.10 Å². The van der Waals surface area contributed by atoms with Crippen LogP contribution in [-0.2, 0) is 20.9 Å². The van der Waals surface area contributed by atoms with E-state index in [2.05, 4.69) is 15.3 Å². The van der Waals surface area contributed by atoms with Crippen LogP contribution >= 0.6 is 0 Å². The van der Waals surface area contributed by atoms with Crippen LogP contribution in [0.1, 0.15) is 55.3 Å². The van der Waals surface area contributed by atoms with Gasteiger partial charge in [0.05, 0.1) is 19.8 Å². The van der Waals surface area contributed by atoms with Gasteiger partial charge in [-0.1, -0.05) is 12.8 Å². The zero-order valence-corrected chi connectivity index (χ0v) is 19.6. The maximum atomic E-state index is 12.2. The molecule has 2 N–H and O–H groups in total. The van der Waals surface area contributed by atoms with Crippen LogP contribution in [0.3, 0.4) is 0 Å². The van der Waals surface area contributed by atoms with Gasteiger partial charge in [-0.3, -0.25) is 0 Å². The Morgan fingerprint density at radius 3 is 2.58 bits per heavy atom. The van der Waals surface area contributed by atoms with Gasteiger partial charge in [0.15, 0.2) is 5.82 Å². The number of hydrogen-bond donors (Lipinski definition) is 2. The van der Waals surface area contributed by atoms with E-state index in [4.69, 9.17) is 14.2 Å². The van der Waals surface area contributed by atoms with Crippen molar-refractivity contribution >= 4 is 11.7 Å². The zero-order chi connectivity index (χ0) is 23.4. The van der Waals surface area contributed by atoms with Crippen molar-refractivity contribution in [1.82, 2.24) is 9.97 Å². The van der Waals surface area contributed by atoms with Crippen molar-refractivity contribution in [1.29, 1.82) is 0 Å². The van der Waals surface area contributed by atoms with E-state index < -0.39 is 11.5 Å². The largest absolute Gasteiger partial charge is 0.481 e. The van der Waals surface area contributed by atoms with Crippen molar-refractivity contribution in [3.05, 3.63) is 35.0 Å². The quantitative estimate of drug-likeness (QED) is 0.608. The zero-order valence-electron chi connectivity index (χ0n) is 19.6. The number of benzene rings is 1. The molecule has 1 saturated heterocycles. The summed E-state index contributed by atoms with van der Waals surface area (Å²) in [7, 11) is 1.59. The highest BCUT2D eigenvalue weighted by Gasteiger charge is 2.40. The van der Waals surface area contributed by atoms with E-state index in [1.165, 1.54) is 12.8 Å². The Balaban J connectivity index is 1.72. The molecule has 0 spiro atoms. The lowest BCUT2D eigenvalue weighted by atomic mass is 9.89. The highest BCUT2D eigenvalue weighted by molar-refractivity contribution is 5.83. The van der Waals surface area contributed by atoms with Crippen LogP contribution in [0.15, 0.2) is 18.2 Å². The molecule has 178 valence electrons. The van der Waals surface area contributed by atoms with Crippen molar-refractivity contribution in [2.45, 2.75) is 70.6 Å². The molecule has 1 aromatic carbocycles. The predicted molar refractivity (Wildman–Crippen MR) is 125 cm³/mol. The summed E-state index contributed by atoms with van der Waals surface area (Å²) in [4.78, 5) is 21.4. The summed E-state index contributed by atoms with van der Waals surface area (Å²) in [5, 5.41) is 13.3. The third kappa shape index (κ3) is 5.28. The van der Waals surface area contributed by atoms with E-state index in [1.54, 1.807) is 13.2 Å². The maximum absolute atomic E-state index is 12.2. The summed E-state index contributed by atoms with van der Waals surface area (Å²) in [6.07, 6.45) is 5.61. The van der Waals surface area contributed by atoms with E-state index >= 15 is 0 Å². The number of anilines is 1. The summed E-state index contributed by atoms with van der Waals surface area (Å²) in [6.45, 7) is 5.17. The van der Waals surface area contributed by atoms with Gasteiger partial charge >= 0.3 is 5.97 Å². The minimum atomic E-state index is -1.04. The third-order valence-electron chi connectivity index (χ3n) is 6.60. The summed E-state index contributed by atoms with van der Waals surface area (Å²) >= 11 is 0. The molecule has 1 aliphatic heterocycles. The fourth-order valence-electron chi connectivity index (χ4n) is 4.77. The number of nitrogens with one attached hydrogen (secondary N) is 1. The van der Waals surface area contributed by atoms with Crippen molar-refractivity contribution in [2.75, 3.05) is 25.6 Å². The smallest absolute Gasteiger partial charge is 0.329 e.